The van der Waals surface area contributed by atoms with E-state index in [4.69, 9.17) is 0 Å². The molecule has 2 heterocycles. The minimum absolute atomic E-state index is 0.217. The molecule has 0 radical (unpaired) electrons. The molecule has 8 heteroatoms. The van der Waals surface area contributed by atoms with E-state index >= 15 is 0 Å². The molecule has 0 saturated carbocycles. The van der Waals surface area contributed by atoms with Gasteiger partial charge >= 0.3 is 0 Å². The van der Waals surface area contributed by atoms with Crippen LogP contribution in [-0.4, -0.2) is 60.8 Å². The van der Waals surface area contributed by atoms with Crippen LogP contribution < -0.4 is 15.5 Å². The van der Waals surface area contributed by atoms with E-state index < -0.39 is 0 Å². The predicted octanol–water partition coefficient (Wildman–Crippen LogP) is 5.36. The van der Waals surface area contributed by atoms with Gasteiger partial charge in [-0.05, 0) is 73.0 Å². The first-order chi connectivity index (χ1) is 18.4. The van der Waals surface area contributed by atoms with E-state index in [2.05, 4.69) is 57.6 Å². The molecule has 38 heavy (non-hydrogen) atoms. The fraction of sp³-hybridized carbons (Fsp3) is 0.333. The second kappa shape index (κ2) is 11.2. The van der Waals surface area contributed by atoms with E-state index in [-0.39, 0.29) is 11.7 Å². The number of hydrogen-bond acceptors (Lipinski definition) is 5. The van der Waals surface area contributed by atoms with Crippen molar-refractivity contribution in [1.29, 1.82) is 0 Å². The maximum atomic E-state index is 13.6. The summed E-state index contributed by atoms with van der Waals surface area (Å²) in [5, 5.41) is 14.7. The standard InChI is InChI=1S/C30H35FN6O/c1-20(2)19-32-28-18-24(37-13-11-36(3)12-14-37)8-9-25(28)30(38)33-29-26-17-22(7-10-27(26)34-35-29)15-21-5-4-6-23(31)16-21/h4-10,16-18,20,32H,11-15,19H2,1-3H3,(H2,33,34,35,38). The predicted molar refractivity (Wildman–Crippen MR) is 153 cm³/mol. The number of aromatic amines is 1. The van der Waals surface area contributed by atoms with Gasteiger partial charge in [0.2, 0.25) is 0 Å². The van der Waals surface area contributed by atoms with Crippen LogP contribution in [0, 0.1) is 11.7 Å². The molecule has 1 saturated heterocycles. The van der Waals surface area contributed by atoms with Gasteiger partial charge in [-0.3, -0.25) is 9.89 Å². The summed E-state index contributed by atoms with van der Waals surface area (Å²) in [5.41, 5.74) is 5.24. The van der Waals surface area contributed by atoms with Crippen molar-refractivity contribution in [1.82, 2.24) is 15.1 Å². The number of amides is 1. The van der Waals surface area contributed by atoms with E-state index in [9.17, 15) is 9.18 Å². The van der Waals surface area contributed by atoms with Crippen LogP contribution in [0.25, 0.3) is 10.9 Å². The number of piperazine rings is 1. The average Bonchev–Trinajstić information content (AvgIpc) is 3.29. The van der Waals surface area contributed by atoms with Crippen LogP contribution in [0.4, 0.5) is 21.6 Å². The zero-order valence-electron chi connectivity index (χ0n) is 22.2. The minimum Gasteiger partial charge on any atom is -0.384 e. The number of rotatable bonds is 8. The Hall–Kier alpha value is -3.91. The molecule has 3 aromatic carbocycles. The number of carbonyl (C=O) groups is 1. The quantitative estimate of drug-likeness (QED) is 0.295. The summed E-state index contributed by atoms with van der Waals surface area (Å²) >= 11 is 0. The zero-order chi connectivity index (χ0) is 26.6. The van der Waals surface area contributed by atoms with Crippen molar-refractivity contribution in [2.45, 2.75) is 20.3 Å². The molecule has 4 aromatic rings. The van der Waals surface area contributed by atoms with Gasteiger partial charge in [0.25, 0.3) is 5.91 Å². The Morgan fingerprint density at radius 1 is 1.03 bits per heavy atom. The van der Waals surface area contributed by atoms with E-state index in [1.165, 1.54) is 6.07 Å². The lowest BCUT2D eigenvalue weighted by Crippen LogP contribution is -2.44. The van der Waals surface area contributed by atoms with Crippen LogP contribution in [0.1, 0.15) is 35.3 Å². The Morgan fingerprint density at radius 3 is 2.58 bits per heavy atom. The van der Waals surface area contributed by atoms with E-state index in [0.717, 1.165) is 66.1 Å². The maximum absolute atomic E-state index is 13.6. The third kappa shape index (κ3) is 5.97. The average molecular weight is 515 g/mol. The molecule has 1 fully saturated rings. The van der Waals surface area contributed by atoms with Crippen molar-refractivity contribution < 1.29 is 9.18 Å². The summed E-state index contributed by atoms with van der Waals surface area (Å²) in [6.45, 7) is 9.02. The Labute approximate surface area is 223 Å². The maximum Gasteiger partial charge on any atom is 0.258 e. The molecule has 198 valence electrons. The van der Waals surface area contributed by atoms with Crippen LogP contribution >= 0.6 is 0 Å². The van der Waals surface area contributed by atoms with Gasteiger partial charge in [-0.15, -0.1) is 0 Å². The summed E-state index contributed by atoms with van der Waals surface area (Å²) in [6, 6.07) is 18.5. The van der Waals surface area contributed by atoms with Gasteiger partial charge in [0, 0.05) is 49.5 Å². The number of aromatic nitrogens is 2. The number of halogens is 1. The highest BCUT2D eigenvalue weighted by Crippen LogP contribution is 2.28. The molecule has 7 nitrogen and oxygen atoms in total. The fourth-order valence-corrected chi connectivity index (χ4v) is 4.78. The van der Waals surface area contributed by atoms with E-state index in [0.29, 0.717) is 23.7 Å². The number of carbonyl (C=O) groups excluding carboxylic acids is 1. The molecular formula is C30H35FN6O. The van der Waals surface area contributed by atoms with Crippen LogP contribution in [-0.2, 0) is 6.42 Å². The van der Waals surface area contributed by atoms with Crippen molar-refractivity contribution >= 4 is 34.0 Å². The largest absolute Gasteiger partial charge is 0.384 e. The molecule has 3 N–H and O–H groups in total. The molecule has 5 rings (SSSR count). The van der Waals surface area contributed by atoms with Gasteiger partial charge in [0.05, 0.1) is 11.1 Å². The van der Waals surface area contributed by atoms with Crippen LogP contribution in [0.2, 0.25) is 0 Å². The fourth-order valence-electron chi connectivity index (χ4n) is 4.78. The molecule has 1 aromatic heterocycles. The van der Waals surface area contributed by atoms with Crippen molar-refractivity contribution in [2.24, 2.45) is 5.92 Å². The molecule has 0 atom stereocenters. The Bertz CT molecular complexity index is 1420. The first-order valence-electron chi connectivity index (χ1n) is 13.2. The van der Waals surface area contributed by atoms with Crippen LogP contribution in [0.5, 0.6) is 0 Å². The van der Waals surface area contributed by atoms with Crippen molar-refractivity contribution in [3.8, 4) is 0 Å². The lowest BCUT2D eigenvalue weighted by molar-refractivity contribution is 0.102. The monoisotopic (exact) mass is 514 g/mol. The van der Waals surface area contributed by atoms with Gasteiger partial charge in [0.1, 0.15) is 5.82 Å². The summed E-state index contributed by atoms with van der Waals surface area (Å²) in [4.78, 5) is 18.2. The molecule has 0 aliphatic carbocycles. The number of fused-ring (bicyclic) bond motifs is 1. The number of nitrogens with zero attached hydrogens (tertiary/aromatic N) is 3. The summed E-state index contributed by atoms with van der Waals surface area (Å²) in [5.74, 6) is 0.444. The van der Waals surface area contributed by atoms with Gasteiger partial charge < -0.3 is 20.4 Å². The molecule has 0 bridgehead atoms. The van der Waals surface area contributed by atoms with Crippen LogP contribution in [0.3, 0.4) is 0 Å². The first-order valence-corrected chi connectivity index (χ1v) is 13.2. The number of hydrogen-bond donors (Lipinski definition) is 3. The number of H-pyrrole nitrogens is 1. The SMILES string of the molecule is CC(C)CNc1cc(N2CCN(C)CC2)ccc1C(=O)Nc1n[nH]c2ccc(Cc3cccc(F)c3)cc12. The number of benzene rings is 3. The second-order valence-electron chi connectivity index (χ2n) is 10.5. The highest BCUT2D eigenvalue weighted by Gasteiger charge is 2.19. The molecule has 1 aliphatic rings. The highest BCUT2D eigenvalue weighted by atomic mass is 19.1. The van der Waals surface area contributed by atoms with Crippen molar-refractivity contribution in [3.05, 3.63) is 83.2 Å². The summed E-state index contributed by atoms with van der Waals surface area (Å²) in [7, 11) is 2.14. The summed E-state index contributed by atoms with van der Waals surface area (Å²) in [6.07, 6.45) is 0.587. The lowest BCUT2D eigenvalue weighted by Gasteiger charge is -2.34. The van der Waals surface area contributed by atoms with Gasteiger partial charge in [-0.2, -0.15) is 5.10 Å². The Balaban J connectivity index is 1.38. The minimum atomic E-state index is -0.250. The number of likely N-dealkylation sites (N-methyl/N-ethyl adjacent to an activating group) is 1. The third-order valence-corrected chi connectivity index (χ3v) is 6.97. The van der Waals surface area contributed by atoms with E-state index in [1.54, 1.807) is 12.1 Å². The lowest BCUT2D eigenvalue weighted by atomic mass is 10.0. The topological polar surface area (TPSA) is 76.3 Å². The van der Waals surface area contributed by atoms with Gasteiger partial charge in [-0.25, -0.2) is 4.39 Å². The summed E-state index contributed by atoms with van der Waals surface area (Å²) < 4.78 is 13.6. The third-order valence-electron chi connectivity index (χ3n) is 6.97. The van der Waals surface area contributed by atoms with Gasteiger partial charge in [-0.1, -0.05) is 32.0 Å². The normalized spacial score (nSPS) is 14.3. The first kappa shape index (κ1) is 25.7. The van der Waals surface area contributed by atoms with Gasteiger partial charge in [0.15, 0.2) is 5.82 Å². The van der Waals surface area contributed by atoms with Crippen molar-refractivity contribution in [2.75, 3.05) is 55.3 Å². The molecule has 0 unspecified atom stereocenters. The molecular weight excluding hydrogens is 479 g/mol. The number of anilines is 3. The van der Waals surface area contributed by atoms with Crippen LogP contribution in [0.15, 0.2) is 60.7 Å². The Kier molecular flexibility index (Phi) is 7.60. The molecule has 1 amide bonds. The number of nitrogens with one attached hydrogen (secondary N) is 3. The zero-order valence-corrected chi connectivity index (χ0v) is 22.2. The molecule has 0 spiro atoms. The Morgan fingerprint density at radius 2 is 1.82 bits per heavy atom. The second-order valence-corrected chi connectivity index (χ2v) is 10.5. The van der Waals surface area contributed by atoms with Crippen molar-refractivity contribution in [3.63, 3.8) is 0 Å². The van der Waals surface area contributed by atoms with E-state index in [1.807, 2.05) is 36.4 Å². The highest BCUT2D eigenvalue weighted by molar-refractivity contribution is 6.11. The smallest absolute Gasteiger partial charge is 0.258 e. The molecule has 1 aliphatic heterocycles.